The predicted molar refractivity (Wildman–Crippen MR) is 246 cm³/mol. The molecule has 0 bridgehead atoms. The summed E-state index contributed by atoms with van der Waals surface area (Å²) in [4.78, 5) is 22.8. The number of carbonyl (C=O) groups is 1. The molecule has 0 heterocycles. The highest BCUT2D eigenvalue weighted by atomic mass is 31.2. The van der Waals surface area contributed by atoms with Gasteiger partial charge >= 0.3 is 7.82 Å². The summed E-state index contributed by atoms with van der Waals surface area (Å²) in [5.41, 5.74) is 5.38. The Balaban J connectivity index is 4.19. The summed E-state index contributed by atoms with van der Waals surface area (Å²) in [5, 5.41) is 24.3. The van der Waals surface area contributed by atoms with Gasteiger partial charge in [-0.2, -0.15) is 0 Å². The predicted octanol–water partition coefficient (Wildman–Crippen LogP) is 13.1. The first-order valence-electron chi connectivity index (χ1n) is 24.5. The minimum absolute atomic E-state index is 0.0582. The zero-order chi connectivity index (χ0) is 42.6. The molecular weight excluding hydrogens is 748 g/mol. The Morgan fingerprint density at radius 1 is 0.586 bits per heavy atom. The number of phosphoric ester groups is 1. The first kappa shape index (κ1) is 56.9. The van der Waals surface area contributed by atoms with Crippen LogP contribution in [0.4, 0.5) is 0 Å². The molecule has 0 aliphatic rings. The van der Waals surface area contributed by atoms with E-state index in [0.29, 0.717) is 12.8 Å². The van der Waals surface area contributed by atoms with Gasteiger partial charge in [0.25, 0.3) is 0 Å². The Bertz CT molecular complexity index is 982. The molecule has 4 atom stereocenters. The Morgan fingerprint density at radius 2 is 0.983 bits per heavy atom. The van der Waals surface area contributed by atoms with Gasteiger partial charge in [0, 0.05) is 6.54 Å². The highest BCUT2D eigenvalue weighted by Crippen LogP contribution is 2.43. The SMILES string of the molecule is CCCCCCCCCCC/C=C\C/C=C\CCCCCCCC(O)CC(=O)NC(COP(=O)(O)OCCN)C(O)CCCCCCCCCCCCCCCCC. The van der Waals surface area contributed by atoms with Crippen LogP contribution in [-0.4, -0.2) is 59.0 Å². The van der Waals surface area contributed by atoms with E-state index in [1.54, 1.807) is 0 Å². The van der Waals surface area contributed by atoms with Crippen molar-refractivity contribution in [2.75, 3.05) is 19.8 Å². The largest absolute Gasteiger partial charge is 0.472 e. The topological polar surface area (TPSA) is 151 Å². The molecule has 0 aliphatic carbocycles. The molecule has 0 spiro atoms. The van der Waals surface area contributed by atoms with E-state index in [1.165, 1.54) is 141 Å². The molecule has 9 nitrogen and oxygen atoms in total. The summed E-state index contributed by atoms with van der Waals surface area (Å²) in [6.07, 6.45) is 47.9. The maximum Gasteiger partial charge on any atom is 0.472 e. The minimum Gasteiger partial charge on any atom is -0.393 e. The van der Waals surface area contributed by atoms with Crippen LogP contribution in [-0.2, 0) is 18.4 Å². The average Bonchev–Trinajstić information content (AvgIpc) is 3.20. The van der Waals surface area contributed by atoms with Crippen molar-refractivity contribution in [2.45, 2.75) is 257 Å². The standard InChI is InChI=1S/C48H95N2O7P/c1-3-5-7-9-11-13-15-17-19-20-21-22-23-24-26-27-29-31-33-35-37-39-45(51)43-48(53)50-46(44-57-58(54,55)56-42-41-49)47(52)40-38-36-34-32-30-28-25-18-16-14-12-10-8-6-4-2/h21-22,24,26,45-47,51-52H,3-20,23,25,27-44,49H2,1-2H3,(H,50,53)(H,54,55)/b22-21-,26-24-. The van der Waals surface area contributed by atoms with Crippen LogP contribution in [0.5, 0.6) is 0 Å². The minimum atomic E-state index is -4.38. The average molecular weight is 843 g/mol. The van der Waals surface area contributed by atoms with E-state index in [4.69, 9.17) is 14.8 Å². The number of allylic oxidation sites excluding steroid dienone is 4. The second kappa shape index (κ2) is 44.0. The van der Waals surface area contributed by atoms with Crippen molar-refractivity contribution >= 4 is 13.7 Å². The molecule has 1 amide bonds. The summed E-state index contributed by atoms with van der Waals surface area (Å²) >= 11 is 0. The number of nitrogens with two attached hydrogens (primary N) is 1. The van der Waals surface area contributed by atoms with E-state index < -0.39 is 32.0 Å². The highest BCUT2D eigenvalue weighted by molar-refractivity contribution is 7.47. The second-order valence-corrected chi connectivity index (χ2v) is 18.3. The van der Waals surface area contributed by atoms with Crippen LogP contribution >= 0.6 is 7.82 Å². The van der Waals surface area contributed by atoms with Crippen molar-refractivity contribution in [3.8, 4) is 0 Å². The lowest BCUT2D eigenvalue weighted by atomic mass is 10.0. The Labute approximate surface area is 358 Å². The molecule has 4 unspecified atom stereocenters. The quantitative estimate of drug-likeness (QED) is 0.0231. The van der Waals surface area contributed by atoms with E-state index >= 15 is 0 Å². The molecule has 0 aromatic carbocycles. The Morgan fingerprint density at radius 3 is 1.41 bits per heavy atom. The molecule has 344 valence electrons. The number of unbranched alkanes of at least 4 members (excludes halogenated alkanes) is 28. The van der Waals surface area contributed by atoms with E-state index in [-0.39, 0.29) is 26.2 Å². The fraction of sp³-hybridized carbons (Fsp3) is 0.896. The monoisotopic (exact) mass is 843 g/mol. The number of rotatable bonds is 46. The molecule has 58 heavy (non-hydrogen) atoms. The van der Waals surface area contributed by atoms with Crippen LogP contribution < -0.4 is 11.1 Å². The van der Waals surface area contributed by atoms with Crippen molar-refractivity contribution in [3.63, 3.8) is 0 Å². The molecular formula is C48H95N2O7P. The Kier molecular flexibility index (Phi) is 43.2. The van der Waals surface area contributed by atoms with Crippen molar-refractivity contribution in [2.24, 2.45) is 5.73 Å². The smallest absolute Gasteiger partial charge is 0.393 e. The van der Waals surface area contributed by atoms with Gasteiger partial charge in [0.2, 0.25) is 5.91 Å². The zero-order valence-corrected chi connectivity index (χ0v) is 38.8. The maximum absolute atomic E-state index is 12.9. The van der Waals surface area contributed by atoms with Crippen LogP contribution in [0.3, 0.4) is 0 Å². The van der Waals surface area contributed by atoms with Crippen LogP contribution in [0.1, 0.15) is 239 Å². The van der Waals surface area contributed by atoms with Crippen LogP contribution in [0.15, 0.2) is 24.3 Å². The summed E-state index contributed by atoms with van der Waals surface area (Å²) in [6, 6.07) is -0.900. The fourth-order valence-electron chi connectivity index (χ4n) is 7.39. The molecule has 0 aliphatic heterocycles. The van der Waals surface area contributed by atoms with Crippen LogP contribution in [0.25, 0.3) is 0 Å². The maximum atomic E-state index is 12.9. The number of aliphatic hydroxyl groups is 2. The first-order valence-corrected chi connectivity index (χ1v) is 26.0. The van der Waals surface area contributed by atoms with Crippen LogP contribution in [0, 0.1) is 0 Å². The fourth-order valence-corrected chi connectivity index (χ4v) is 8.15. The van der Waals surface area contributed by atoms with Gasteiger partial charge in [0.05, 0.1) is 37.9 Å². The second-order valence-electron chi connectivity index (χ2n) is 16.9. The Hall–Kier alpha value is -1.06. The number of phosphoric acid groups is 1. The lowest BCUT2D eigenvalue weighted by Crippen LogP contribution is -2.47. The summed E-state index contributed by atoms with van der Waals surface area (Å²) in [5.74, 6) is -0.419. The molecule has 0 aromatic heterocycles. The molecule has 0 saturated carbocycles. The zero-order valence-electron chi connectivity index (χ0n) is 37.9. The van der Waals surface area contributed by atoms with Gasteiger partial charge in [-0.3, -0.25) is 13.8 Å². The van der Waals surface area contributed by atoms with E-state index in [2.05, 4.69) is 43.5 Å². The van der Waals surface area contributed by atoms with Gasteiger partial charge in [-0.25, -0.2) is 4.57 Å². The number of amides is 1. The van der Waals surface area contributed by atoms with Crippen LogP contribution in [0.2, 0.25) is 0 Å². The molecule has 0 rings (SSSR count). The van der Waals surface area contributed by atoms with Crippen molar-refractivity contribution < 1.29 is 33.5 Å². The third-order valence-corrected chi connectivity index (χ3v) is 12.1. The van der Waals surface area contributed by atoms with Crippen molar-refractivity contribution in [1.29, 1.82) is 0 Å². The molecule has 10 heteroatoms. The molecule has 0 fully saturated rings. The number of aliphatic hydroxyl groups excluding tert-OH is 2. The summed E-state index contributed by atoms with van der Waals surface area (Å²) < 4.78 is 22.2. The lowest BCUT2D eigenvalue weighted by molar-refractivity contribution is -0.125. The van der Waals surface area contributed by atoms with E-state index in [9.17, 15) is 24.5 Å². The highest BCUT2D eigenvalue weighted by Gasteiger charge is 2.28. The molecule has 0 aromatic rings. The van der Waals surface area contributed by atoms with Gasteiger partial charge in [-0.05, 0) is 44.9 Å². The van der Waals surface area contributed by atoms with Crippen molar-refractivity contribution in [1.82, 2.24) is 5.32 Å². The van der Waals surface area contributed by atoms with Gasteiger partial charge in [0.15, 0.2) is 0 Å². The van der Waals surface area contributed by atoms with E-state index in [1.807, 2.05) is 0 Å². The van der Waals surface area contributed by atoms with Gasteiger partial charge < -0.3 is 26.2 Å². The van der Waals surface area contributed by atoms with Gasteiger partial charge in [-0.15, -0.1) is 0 Å². The number of hydrogen-bond donors (Lipinski definition) is 5. The summed E-state index contributed by atoms with van der Waals surface area (Å²) in [6.45, 7) is 4.06. The van der Waals surface area contributed by atoms with Crippen molar-refractivity contribution in [3.05, 3.63) is 24.3 Å². The number of nitrogens with one attached hydrogen (secondary N) is 1. The molecule has 0 radical (unpaired) electrons. The molecule has 6 N–H and O–H groups in total. The third-order valence-electron chi connectivity index (χ3n) is 11.1. The first-order chi connectivity index (χ1) is 28.3. The third kappa shape index (κ3) is 41.7. The van der Waals surface area contributed by atoms with E-state index in [0.717, 1.165) is 64.2 Å². The number of hydrogen-bond acceptors (Lipinski definition) is 7. The van der Waals surface area contributed by atoms with Gasteiger partial charge in [-0.1, -0.05) is 212 Å². The normalized spacial score (nSPS) is 14.7. The molecule has 0 saturated heterocycles. The number of carbonyl (C=O) groups excluding carboxylic acids is 1. The lowest BCUT2D eigenvalue weighted by Gasteiger charge is -2.25. The summed E-state index contributed by atoms with van der Waals surface area (Å²) in [7, 11) is -4.38. The van der Waals surface area contributed by atoms with Gasteiger partial charge in [0.1, 0.15) is 0 Å².